The summed E-state index contributed by atoms with van der Waals surface area (Å²) in [6.07, 6.45) is 4.26. The standard InChI is InChI=1S/C12H19N3OS/c1-14(2)11-13-5-9(17-11)6-15-7-10(16)12(8-15)3-4-12/h5,10,16H,3-4,6-8H2,1-2H3. The summed E-state index contributed by atoms with van der Waals surface area (Å²) < 4.78 is 0. The fourth-order valence-electron chi connectivity index (χ4n) is 2.62. The second-order valence-corrected chi connectivity index (χ2v) is 6.65. The third kappa shape index (κ3) is 2.07. The lowest BCUT2D eigenvalue weighted by Gasteiger charge is -2.13. The average molecular weight is 253 g/mol. The van der Waals surface area contributed by atoms with Gasteiger partial charge in [-0.05, 0) is 12.8 Å². The number of aliphatic hydroxyl groups excluding tert-OH is 1. The van der Waals surface area contributed by atoms with Crippen LogP contribution in [0.3, 0.4) is 0 Å². The predicted molar refractivity (Wildman–Crippen MR) is 69.4 cm³/mol. The Morgan fingerprint density at radius 3 is 2.88 bits per heavy atom. The van der Waals surface area contributed by atoms with Gasteiger partial charge in [-0.1, -0.05) is 0 Å². The number of rotatable bonds is 3. The number of β-amino-alcohol motifs (C(OH)–C–C–N with tert-alkyl or cyclic N) is 1. The molecule has 0 amide bonds. The number of likely N-dealkylation sites (tertiary alicyclic amines) is 1. The normalized spacial score (nSPS) is 26.6. The number of aliphatic hydroxyl groups is 1. The monoisotopic (exact) mass is 253 g/mol. The molecule has 2 fully saturated rings. The summed E-state index contributed by atoms with van der Waals surface area (Å²) in [6.45, 7) is 2.82. The van der Waals surface area contributed by atoms with Crippen LogP contribution in [0.2, 0.25) is 0 Å². The van der Waals surface area contributed by atoms with Crippen LogP contribution < -0.4 is 4.90 Å². The molecule has 3 rings (SSSR count). The summed E-state index contributed by atoms with van der Waals surface area (Å²) in [5.41, 5.74) is 0.259. The van der Waals surface area contributed by atoms with Gasteiger partial charge in [0.25, 0.3) is 0 Å². The predicted octanol–water partition coefficient (Wildman–Crippen LogP) is 1.17. The molecule has 1 unspecified atom stereocenters. The Hall–Kier alpha value is -0.650. The molecule has 17 heavy (non-hydrogen) atoms. The zero-order valence-corrected chi connectivity index (χ0v) is 11.2. The van der Waals surface area contributed by atoms with Crippen LogP contribution in [-0.4, -0.2) is 48.3 Å². The van der Waals surface area contributed by atoms with E-state index in [-0.39, 0.29) is 11.5 Å². The number of nitrogens with zero attached hydrogens (tertiary/aromatic N) is 3. The van der Waals surface area contributed by atoms with E-state index in [9.17, 15) is 5.11 Å². The number of aromatic nitrogens is 1. The average Bonchev–Trinajstić information content (AvgIpc) is 2.77. The minimum absolute atomic E-state index is 0.108. The lowest BCUT2D eigenvalue weighted by molar-refractivity contribution is 0.131. The largest absolute Gasteiger partial charge is 0.391 e. The van der Waals surface area contributed by atoms with Crippen LogP contribution in [-0.2, 0) is 6.54 Å². The van der Waals surface area contributed by atoms with E-state index in [0.29, 0.717) is 0 Å². The minimum atomic E-state index is -0.108. The Balaban J connectivity index is 1.63. The third-order valence-electron chi connectivity index (χ3n) is 3.87. The fraction of sp³-hybridized carbons (Fsp3) is 0.750. The van der Waals surface area contributed by atoms with Crippen LogP contribution in [0.25, 0.3) is 0 Å². The van der Waals surface area contributed by atoms with Crippen molar-refractivity contribution < 1.29 is 5.11 Å². The molecule has 94 valence electrons. The van der Waals surface area contributed by atoms with Crippen molar-refractivity contribution in [3.05, 3.63) is 11.1 Å². The lowest BCUT2D eigenvalue weighted by atomic mass is 10.0. The van der Waals surface area contributed by atoms with Crippen molar-refractivity contribution in [1.82, 2.24) is 9.88 Å². The molecule has 1 spiro atoms. The van der Waals surface area contributed by atoms with Crippen LogP contribution in [0.1, 0.15) is 17.7 Å². The van der Waals surface area contributed by atoms with Gasteiger partial charge in [0.2, 0.25) is 0 Å². The van der Waals surface area contributed by atoms with E-state index in [2.05, 4.69) is 9.88 Å². The molecule has 0 radical (unpaired) electrons. The molecule has 1 atom stereocenters. The van der Waals surface area contributed by atoms with Crippen LogP contribution in [0.4, 0.5) is 5.13 Å². The van der Waals surface area contributed by atoms with Gasteiger partial charge in [0, 0.05) is 50.2 Å². The van der Waals surface area contributed by atoms with Crippen LogP contribution in [0.15, 0.2) is 6.20 Å². The van der Waals surface area contributed by atoms with Gasteiger partial charge >= 0.3 is 0 Å². The van der Waals surface area contributed by atoms with Crippen molar-refractivity contribution in [3.8, 4) is 0 Å². The van der Waals surface area contributed by atoms with E-state index in [0.717, 1.165) is 24.8 Å². The lowest BCUT2D eigenvalue weighted by Crippen LogP contribution is -2.20. The van der Waals surface area contributed by atoms with Crippen molar-refractivity contribution in [3.63, 3.8) is 0 Å². The Bertz CT molecular complexity index is 414. The van der Waals surface area contributed by atoms with E-state index < -0.39 is 0 Å². The molecule has 0 bridgehead atoms. The van der Waals surface area contributed by atoms with Gasteiger partial charge in [0.05, 0.1) is 6.10 Å². The first-order valence-corrected chi connectivity index (χ1v) is 6.93. The first-order valence-electron chi connectivity index (χ1n) is 6.11. The summed E-state index contributed by atoms with van der Waals surface area (Å²) >= 11 is 1.74. The molecule has 1 N–H and O–H groups in total. The molecule has 1 aliphatic carbocycles. The minimum Gasteiger partial charge on any atom is -0.391 e. The van der Waals surface area contributed by atoms with Crippen molar-refractivity contribution in [2.24, 2.45) is 5.41 Å². The van der Waals surface area contributed by atoms with Gasteiger partial charge < -0.3 is 10.0 Å². The summed E-state index contributed by atoms with van der Waals surface area (Å²) in [7, 11) is 4.03. The number of hydrogen-bond donors (Lipinski definition) is 1. The zero-order chi connectivity index (χ0) is 12.0. The van der Waals surface area contributed by atoms with E-state index in [4.69, 9.17) is 0 Å². The Morgan fingerprint density at radius 2 is 2.35 bits per heavy atom. The molecule has 1 saturated heterocycles. The van der Waals surface area contributed by atoms with Gasteiger partial charge in [0.1, 0.15) is 0 Å². The van der Waals surface area contributed by atoms with E-state index in [1.54, 1.807) is 11.3 Å². The molecule has 2 heterocycles. The van der Waals surface area contributed by atoms with Gasteiger partial charge in [0.15, 0.2) is 5.13 Å². The Kier molecular flexibility index (Phi) is 2.65. The second-order valence-electron chi connectivity index (χ2n) is 5.55. The van der Waals surface area contributed by atoms with Gasteiger partial charge in [-0.15, -0.1) is 11.3 Å². The summed E-state index contributed by atoms with van der Waals surface area (Å²) in [4.78, 5) is 10.1. The molecule has 1 aliphatic heterocycles. The maximum atomic E-state index is 10.00. The molecule has 1 saturated carbocycles. The van der Waals surface area contributed by atoms with E-state index >= 15 is 0 Å². The Labute approximate surface area is 106 Å². The fourth-order valence-corrected chi connectivity index (χ4v) is 3.50. The van der Waals surface area contributed by atoms with Gasteiger partial charge in [-0.2, -0.15) is 0 Å². The second kappa shape index (κ2) is 3.93. The van der Waals surface area contributed by atoms with E-state index in [1.165, 1.54) is 17.7 Å². The molecule has 1 aromatic rings. The van der Waals surface area contributed by atoms with Crippen molar-refractivity contribution in [2.45, 2.75) is 25.5 Å². The summed E-state index contributed by atoms with van der Waals surface area (Å²) in [6, 6.07) is 0. The quantitative estimate of drug-likeness (QED) is 0.877. The van der Waals surface area contributed by atoms with Crippen LogP contribution >= 0.6 is 11.3 Å². The SMILES string of the molecule is CN(C)c1ncc(CN2CC(O)C3(CC3)C2)s1. The highest BCUT2D eigenvalue weighted by Gasteiger charge is 2.54. The van der Waals surface area contributed by atoms with Gasteiger partial charge in [-0.3, -0.25) is 4.90 Å². The highest BCUT2D eigenvalue weighted by atomic mass is 32.1. The van der Waals surface area contributed by atoms with Crippen molar-refractivity contribution in [2.75, 3.05) is 32.1 Å². The van der Waals surface area contributed by atoms with Crippen LogP contribution in [0, 0.1) is 5.41 Å². The summed E-state index contributed by atoms with van der Waals surface area (Å²) in [5, 5.41) is 11.1. The topological polar surface area (TPSA) is 39.6 Å². The molecule has 0 aromatic carbocycles. The molecule has 2 aliphatic rings. The molecule has 1 aromatic heterocycles. The maximum Gasteiger partial charge on any atom is 0.185 e. The third-order valence-corrected chi connectivity index (χ3v) is 5.02. The first kappa shape index (κ1) is 11.4. The molecule has 4 nitrogen and oxygen atoms in total. The zero-order valence-electron chi connectivity index (χ0n) is 10.4. The maximum absolute atomic E-state index is 10.00. The van der Waals surface area contributed by atoms with Crippen LogP contribution in [0.5, 0.6) is 0 Å². The Morgan fingerprint density at radius 1 is 1.59 bits per heavy atom. The van der Waals surface area contributed by atoms with Crippen molar-refractivity contribution in [1.29, 1.82) is 0 Å². The first-order chi connectivity index (χ1) is 8.09. The number of hydrogen-bond acceptors (Lipinski definition) is 5. The van der Waals surface area contributed by atoms with E-state index in [1.807, 2.05) is 25.2 Å². The highest BCUT2D eigenvalue weighted by Crippen LogP contribution is 2.53. The van der Waals surface area contributed by atoms with Gasteiger partial charge in [-0.25, -0.2) is 4.98 Å². The highest BCUT2D eigenvalue weighted by molar-refractivity contribution is 7.15. The smallest absolute Gasteiger partial charge is 0.185 e. The molecular formula is C12H19N3OS. The van der Waals surface area contributed by atoms with Crippen molar-refractivity contribution >= 4 is 16.5 Å². The molecule has 5 heteroatoms. The number of anilines is 1. The molecular weight excluding hydrogens is 234 g/mol. The number of thiazole rings is 1. The summed E-state index contributed by atoms with van der Waals surface area (Å²) in [5.74, 6) is 0.